The fourth-order valence-electron chi connectivity index (χ4n) is 2.49. The third kappa shape index (κ3) is 2.27. The number of amides is 1. The van der Waals surface area contributed by atoms with Crippen LogP contribution < -0.4 is 16.0 Å². The first-order valence-corrected chi connectivity index (χ1v) is 6.47. The molecule has 3 rings (SSSR count). The molecule has 2 aromatic rings. The zero-order valence-corrected chi connectivity index (χ0v) is 11.1. The lowest BCUT2D eigenvalue weighted by Crippen LogP contribution is -2.56. The van der Waals surface area contributed by atoms with Crippen molar-refractivity contribution in [3.8, 4) is 0 Å². The minimum absolute atomic E-state index is 0.101. The van der Waals surface area contributed by atoms with Crippen molar-refractivity contribution in [2.45, 2.75) is 6.04 Å². The van der Waals surface area contributed by atoms with Crippen LogP contribution in [-0.4, -0.2) is 45.9 Å². The van der Waals surface area contributed by atoms with Gasteiger partial charge >= 0.3 is 5.82 Å². The van der Waals surface area contributed by atoms with Gasteiger partial charge in [0.15, 0.2) is 0 Å². The molecule has 1 fully saturated rings. The predicted molar refractivity (Wildman–Crippen MR) is 75.0 cm³/mol. The second-order valence-electron chi connectivity index (χ2n) is 4.80. The van der Waals surface area contributed by atoms with Crippen molar-refractivity contribution in [2.24, 2.45) is 5.73 Å². The molecule has 3 N–H and O–H groups in total. The lowest BCUT2D eigenvalue weighted by Gasteiger charge is -2.31. The topological polar surface area (TPSA) is 119 Å². The molecule has 1 aliphatic heterocycles. The van der Waals surface area contributed by atoms with Gasteiger partial charge in [0.1, 0.15) is 6.04 Å². The van der Waals surface area contributed by atoms with Crippen molar-refractivity contribution in [1.82, 2.24) is 14.7 Å². The first-order valence-electron chi connectivity index (χ1n) is 6.47. The molecule has 0 spiro atoms. The van der Waals surface area contributed by atoms with Gasteiger partial charge in [-0.05, 0) is 11.0 Å². The first kappa shape index (κ1) is 13.3. The minimum Gasteiger partial charge on any atom is -0.368 e. The monoisotopic (exact) mass is 290 g/mol. The van der Waals surface area contributed by atoms with Gasteiger partial charge in [-0.25, -0.2) is 0 Å². The molecule has 2 aromatic heterocycles. The highest BCUT2D eigenvalue weighted by Crippen LogP contribution is 2.29. The van der Waals surface area contributed by atoms with E-state index in [0.29, 0.717) is 18.7 Å². The Labute approximate surface area is 119 Å². The summed E-state index contributed by atoms with van der Waals surface area (Å²) in [6.45, 7) is 1.30. The third-order valence-corrected chi connectivity index (χ3v) is 3.48. The van der Waals surface area contributed by atoms with Crippen molar-refractivity contribution in [1.29, 1.82) is 0 Å². The number of nitrogens with two attached hydrogens (primary N) is 1. The number of hydrogen-bond acceptors (Lipinski definition) is 6. The molecule has 1 saturated heterocycles. The van der Waals surface area contributed by atoms with E-state index in [4.69, 9.17) is 5.73 Å². The maximum atomic E-state index is 11.4. The average Bonchev–Trinajstić information content (AvgIpc) is 2.87. The summed E-state index contributed by atoms with van der Waals surface area (Å²) in [7, 11) is 0. The summed E-state index contributed by atoms with van der Waals surface area (Å²) in [5.41, 5.74) is 5.79. The van der Waals surface area contributed by atoms with Crippen LogP contribution in [0.15, 0.2) is 24.4 Å². The molecule has 9 nitrogen and oxygen atoms in total. The third-order valence-electron chi connectivity index (χ3n) is 3.48. The van der Waals surface area contributed by atoms with Gasteiger partial charge in [-0.3, -0.25) is 4.79 Å². The van der Waals surface area contributed by atoms with E-state index in [-0.39, 0.29) is 18.2 Å². The second kappa shape index (κ2) is 5.02. The smallest absolute Gasteiger partial charge is 0.368 e. The molecule has 1 aliphatic rings. The van der Waals surface area contributed by atoms with Crippen molar-refractivity contribution in [3.63, 3.8) is 0 Å². The first-order chi connectivity index (χ1) is 10.1. The number of nitrogens with zero attached hydrogens (tertiary/aromatic N) is 4. The van der Waals surface area contributed by atoms with E-state index in [1.807, 2.05) is 0 Å². The molecular formula is C12H14N6O3. The molecular weight excluding hydrogens is 276 g/mol. The van der Waals surface area contributed by atoms with E-state index in [1.165, 1.54) is 4.40 Å². The van der Waals surface area contributed by atoms with Gasteiger partial charge < -0.3 is 26.1 Å². The van der Waals surface area contributed by atoms with Gasteiger partial charge in [-0.1, -0.05) is 6.07 Å². The molecule has 1 unspecified atom stereocenters. The van der Waals surface area contributed by atoms with E-state index in [9.17, 15) is 14.9 Å². The number of nitrogens with one attached hydrogen (secondary N) is 1. The van der Waals surface area contributed by atoms with E-state index < -0.39 is 16.9 Å². The van der Waals surface area contributed by atoms with Crippen molar-refractivity contribution < 1.29 is 9.72 Å². The number of primary amides is 1. The van der Waals surface area contributed by atoms with Crippen LogP contribution in [0.4, 0.5) is 11.6 Å². The number of fused-ring (bicyclic) bond motifs is 1. The molecule has 1 amide bonds. The van der Waals surface area contributed by atoms with Gasteiger partial charge in [-0.2, -0.15) is 9.38 Å². The number of nitro groups is 1. The van der Waals surface area contributed by atoms with Crippen LogP contribution in [0.5, 0.6) is 0 Å². The molecule has 3 heterocycles. The fraction of sp³-hybridized carbons (Fsp3) is 0.333. The number of piperazine rings is 1. The van der Waals surface area contributed by atoms with Crippen molar-refractivity contribution in [3.05, 3.63) is 34.5 Å². The summed E-state index contributed by atoms with van der Waals surface area (Å²) in [6.07, 6.45) is 1.59. The lowest BCUT2D eigenvalue weighted by atomic mass is 10.2. The van der Waals surface area contributed by atoms with E-state index >= 15 is 0 Å². The Balaban J connectivity index is 2.05. The van der Waals surface area contributed by atoms with Gasteiger partial charge in [-0.15, -0.1) is 0 Å². The number of pyridine rings is 1. The van der Waals surface area contributed by atoms with Crippen molar-refractivity contribution >= 4 is 23.2 Å². The summed E-state index contributed by atoms with van der Waals surface area (Å²) in [4.78, 5) is 28.2. The Kier molecular flexibility index (Phi) is 3.18. The Hall–Kier alpha value is -2.68. The summed E-state index contributed by atoms with van der Waals surface area (Å²) in [6, 6.07) is 4.63. The molecule has 0 bridgehead atoms. The number of hydrogen-bond donors (Lipinski definition) is 2. The molecule has 0 radical (unpaired) electrons. The Morgan fingerprint density at radius 3 is 3.05 bits per heavy atom. The average molecular weight is 290 g/mol. The number of imidazole rings is 1. The maximum Gasteiger partial charge on any atom is 0.372 e. The van der Waals surface area contributed by atoms with Crippen LogP contribution in [0.3, 0.4) is 0 Å². The Morgan fingerprint density at radius 1 is 1.52 bits per heavy atom. The number of rotatable bonds is 3. The molecule has 21 heavy (non-hydrogen) atoms. The normalized spacial score (nSPS) is 18.9. The van der Waals surface area contributed by atoms with Crippen LogP contribution in [0, 0.1) is 10.1 Å². The number of anilines is 1. The van der Waals surface area contributed by atoms with Crippen LogP contribution in [0.2, 0.25) is 0 Å². The molecule has 0 saturated carbocycles. The van der Waals surface area contributed by atoms with Gasteiger partial charge in [0.05, 0.1) is 6.20 Å². The van der Waals surface area contributed by atoms with Crippen LogP contribution in [-0.2, 0) is 4.79 Å². The molecule has 1 atom stereocenters. The molecule has 110 valence electrons. The van der Waals surface area contributed by atoms with Crippen LogP contribution >= 0.6 is 0 Å². The van der Waals surface area contributed by atoms with Crippen LogP contribution in [0.1, 0.15) is 0 Å². The summed E-state index contributed by atoms with van der Waals surface area (Å²) < 4.78 is 1.43. The van der Waals surface area contributed by atoms with Gasteiger partial charge in [0.2, 0.25) is 17.4 Å². The largest absolute Gasteiger partial charge is 0.372 e. The van der Waals surface area contributed by atoms with Gasteiger partial charge in [0.25, 0.3) is 0 Å². The molecule has 0 aliphatic carbocycles. The second-order valence-corrected chi connectivity index (χ2v) is 4.80. The summed E-state index contributed by atoms with van der Waals surface area (Å²) in [5.74, 6) is -0.319. The number of carbonyl (C=O) groups excluding carboxylic acids is 1. The predicted octanol–water partition coefficient (Wildman–Crippen LogP) is -0.494. The number of aromatic nitrogens is 2. The van der Waals surface area contributed by atoms with E-state index in [2.05, 4.69) is 10.3 Å². The van der Waals surface area contributed by atoms with E-state index in [0.717, 1.165) is 0 Å². The zero-order valence-electron chi connectivity index (χ0n) is 11.1. The summed E-state index contributed by atoms with van der Waals surface area (Å²) >= 11 is 0. The molecule has 9 heteroatoms. The van der Waals surface area contributed by atoms with Gasteiger partial charge in [0, 0.05) is 25.7 Å². The number of carbonyl (C=O) groups is 1. The Morgan fingerprint density at radius 2 is 2.33 bits per heavy atom. The highest BCUT2D eigenvalue weighted by atomic mass is 16.6. The highest BCUT2D eigenvalue weighted by Gasteiger charge is 2.31. The quantitative estimate of drug-likeness (QED) is 0.581. The SMILES string of the molecule is NC(=O)C1CN(c2nc3ccccn3c2[N+](=O)[O-])CCN1. The minimum atomic E-state index is -0.539. The fourth-order valence-corrected chi connectivity index (χ4v) is 2.49. The Bertz CT molecular complexity index is 712. The summed E-state index contributed by atoms with van der Waals surface area (Å²) in [5, 5.41) is 14.3. The van der Waals surface area contributed by atoms with Crippen molar-refractivity contribution in [2.75, 3.05) is 24.5 Å². The van der Waals surface area contributed by atoms with Crippen LogP contribution in [0.25, 0.3) is 5.65 Å². The highest BCUT2D eigenvalue weighted by molar-refractivity contribution is 5.81. The van der Waals surface area contributed by atoms with E-state index in [1.54, 1.807) is 29.3 Å². The zero-order chi connectivity index (χ0) is 15.0. The lowest BCUT2D eigenvalue weighted by molar-refractivity contribution is -0.389. The standard InChI is InChI=1S/C12H14N6O3/c13-10(19)8-7-16(6-4-14-8)11-12(18(20)21)17-5-2-1-3-9(17)15-11/h1-3,5,8,14H,4,6-7H2,(H2,13,19). The molecule has 0 aromatic carbocycles. The maximum absolute atomic E-state index is 11.4.